The standard InChI is InChI=1S/C32H40F4O/c1-21-5-7-24(8-6-21)26-15-18-30(31(34)19-26)25-11-9-22(10-12-25)23-13-16-27(17-14-23)32(35,36)37-29-4-2-3-28(33)20-29/h2-4,15,18-25,27H,5-14,16-17H2,1H3. The molecule has 2 aromatic carbocycles. The third-order valence-corrected chi connectivity index (χ3v) is 9.69. The molecule has 3 saturated carbocycles. The summed E-state index contributed by atoms with van der Waals surface area (Å²) in [6, 6.07) is 11.0. The maximum Gasteiger partial charge on any atom is 0.400 e. The molecule has 0 atom stereocenters. The van der Waals surface area contributed by atoms with Crippen LogP contribution in [-0.4, -0.2) is 6.11 Å². The van der Waals surface area contributed by atoms with Gasteiger partial charge in [0.05, 0.1) is 5.92 Å². The Hall–Kier alpha value is -2.04. The number of hydrogen-bond donors (Lipinski definition) is 0. The van der Waals surface area contributed by atoms with Crippen LogP contribution in [0.4, 0.5) is 17.6 Å². The van der Waals surface area contributed by atoms with Gasteiger partial charge < -0.3 is 4.74 Å². The molecule has 0 aromatic heterocycles. The predicted octanol–water partition coefficient (Wildman–Crippen LogP) is 10.0. The van der Waals surface area contributed by atoms with E-state index in [0.29, 0.717) is 30.6 Å². The van der Waals surface area contributed by atoms with Crippen molar-refractivity contribution in [1.29, 1.82) is 0 Å². The molecular formula is C32H40F4O. The minimum absolute atomic E-state index is 0.0411. The van der Waals surface area contributed by atoms with Crippen molar-refractivity contribution < 1.29 is 22.3 Å². The molecule has 3 aliphatic rings. The van der Waals surface area contributed by atoms with Crippen molar-refractivity contribution in [2.24, 2.45) is 23.7 Å². The molecule has 5 rings (SSSR count). The summed E-state index contributed by atoms with van der Waals surface area (Å²) in [6.07, 6.45) is 7.90. The van der Waals surface area contributed by atoms with Crippen LogP contribution >= 0.6 is 0 Å². The fraction of sp³-hybridized carbons (Fsp3) is 0.625. The smallest absolute Gasteiger partial charge is 0.400 e. The zero-order valence-electron chi connectivity index (χ0n) is 21.9. The molecule has 1 nitrogen and oxygen atoms in total. The lowest BCUT2D eigenvalue weighted by Gasteiger charge is -2.39. The predicted molar refractivity (Wildman–Crippen MR) is 139 cm³/mol. The fourth-order valence-electron chi connectivity index (χ4n) is 7.32. The van der Waals surface area contributed by atoms with E-state index in [1.165, 1.54) is 31.0 Å². The number of alkyl halides is 2. The first kappa shape index (κ1) is 26.6. The maximum absolute atomic E-state index is 15.1. The Morgan fingerprint density at radius 3 is 1.95 bits per heavy atom. The van der Waals surface area contributed by atoms with Crippen LogP contribution in [0, 0.1) is 35.3 Å². The van der Waals surface area contributed by atoms with Gasteiger partial charge in [0.1, 0.15) is 17.4 Å². The molecule has 0 heterocycles. The van der Waals surface area contributed by atoms with E-state index in [9.17, 15) is 13.2 Å². The Labute approximate surface area is 219 Å². The highest BCUT2D eigenvalue weighted by Gasteiger charge is 2.45. The SMILES string of the molecule is CC1CCC(c2ccc(C3CCC(C4CCC(C(F)(F)Oc5cccc(F)c5)CC4)CC3)c(F)c2)CC1. The molecule has 0 N–H and O–H groups in total. The van der Waals surface area contributed by atoms with Gasteiger partial charge in [-0.15, -0.1) is 0 Å². The molecule has 37 heavy (non-hydrogen) atoms. The molecule has 0 radical (unpaired) electrons. The normalized spacial score (nSPS) is 31.2. The van der Waals surface area contributed by atoms with E-state index < -0.39 is 17.8 Å². The van der Waals surface area contributed by atoms with Crippen LogP contribution in [0.3, 0.4) is 0 Å². The molecule has 202 valence electrons. The van der Waals surface area contributed by atoms with Gasteiger partial charge in [-0.25, -0.2) is 8.78 Å². The van der Waals surface area contributed by atoms with Crippen LogP contribution in [0.5, 0.6) is 5.75 Å². The van der Waals surface area contributed by atoms with Crippen LogP contribution in [0.2, 0.25) is 0 Å². The first-order valence-corrected chi connectivity index (χ1v) is 14.4. The highest BCUT2D eigenvalue weighted by Crippen LogP contribution is 2.47. The van der Waals surface area contributed by atoms with Gasteiger partial charge in [0.15, 0.2) is 0 Å². The van der Waals surface area contributed by atoms with E-state index >= 15 is 4.39 Å². The van der Waals surface area contributed by atoms with Crippen LogP contribution in [0.1, 0.15) is 107 Å². The quantitative estimate of drug-likeness (QED) is 0.347. The largest absolute Gasteiger partial charge is 0.432 e. The van der Waals surface area contributed by atoms with Crippen LogP contribution in [0.25, 0.3) is 0 Å². The van der Waals surface area contributed by atoms with E-state index in [2.05, 4.69) is 13.0 Å². The summed E-state index contributed by atoms with van der Waals surface area (Å²) in [6.45, 7) is 2.31. The Bertz CT molecular complexity index is 1030. The molecule has 0 aliphatic heterocycles. The Morgan fingerprint density at radius 1 is 0.703 bits per heavy atom. The van der Waals surface area contributed by atoms with Gasteiger partial charge in [-0.3, -0.25) is 0 Å². The van der Waals surface area contributed by atoms with Gasteiger partial charge in [-0.1, -0.05) is 38.0 Å². The molecular weight excluding hydrogens is 476 g/mol. The Morgan fingerprint density at radius 2 is 1.32 bits per heavy atom. The number of benzene rings is 2. The molecule has 3 aliphatic carbocycles. The molecule has 0 saturated heterocycles. The first-order chi connectivity index (χ1) is 17.8. The lowest BCUT2D eigenvalue weighted by Crippen LogP contribution is -2.38. The molecule has 3 fully saturated rings. The molecule has 0 unspecified atom stereocenters. The second-order valence-corrected chi connectivity index (χ2v) is 12.1. The van der Waals surface area contributed by atoms with Crippen molar-refractivity contribution in [2.45, 2.75) is 102 Å². The molecule has 0 spiro atoms. The van der Waals surface area contributed by atoms with E-state index in [1.54, 1.807) is 6.07 Å². The summed E-state index contributed by atoms with van der Waals surface area (Å²) in [5.74, 6) is 0.930. The van der Waals surface area contributed by atoms with Crippen molar-refractivity contribution in [3.05, 3.63) is 65.2 Å². The van der Waals surface area contributed by atoms with Crippen molar-refractivity contribution in [3.63, 3.8) is 0 Å². The minimum Gasteiger partial charge on any atom is -0.432 e. The van der Waals surface area contributed by atoms with Gasteiger partial charge in [0.2, 0.25) is 0 Å². The average molecular weight is 517 g/mol. The number of halogens is 4. The zero-order chi connectivity index (χ0) is 26.0. The van der Waals surface area contributed by atoms with Crippen molar-refractivity contribution in [1.82, 2.24) is 0 Å². The Kier molecular flexibility index (Phi) is 8.16. The highest BCUT2D eigenvalue weighted by atomic mass is 19.3. The minimum atomic E-state index is -3.30. The van der Waals surface area contributed by atoms with E-state index in [4.69, 9.17) is 4.74 Å². The highest BCUT2D eigenvalue weighted by molar-refractivity contribution is 5.30. The third-order valence-electron chi connectivity index (χ3n) is 9.69. The monoisotopic (exact) mass is 516 g/mol. The van der Waals surface area contributed by atoms with Gasteiger partial charge in [0.25, 0.3) is 0 Å². The maximum atomic E-state index is 15.1. The van der Waals surface area contributed by atoms with Gasteiger partial charge >= 0.3 is 6.11 Å². The van der Waals surface area contributed by atoms with Gasteiger partial charge in [0, 0.05) is 6.07 Å². The van der Waals surface area contributed by atoms with Gasteiger partial charge in [-0.2, -0.15) is 8.78 Å². The zero-order valence-corrected chi connectivity index (χ0v) is 21.9. The Balaban J connectivity index is 1.11. The summed E-state index contributed by atoms with van der Waals surface area (Å²) in [5, 5.41) is 0. The van der Waals surface area contributed by atoms with E-state index in [0.717, 1.165) is 74.5 Å². The van der Waals surface area contributed by atoms with Crippen LogP contribution in [-0.2, 0) is 0 Å². The van der Waals surface area contributed by atoms with Crippen molar-refractivity contribution in [2.75, 3.05) is 0 Å². The lowest BCUT2D eigenvalue weighted by atomic mass is 9.68. The summed E-state index contributed by atoms with van der Waals surface area (Å²) in [7, 11) is 0. The summed E-state index contributed by atoms with van der Waals surface area (Å²) in [5.41, 5.74) is 2.03. The van der Waals surface area contributed by atoms with Crippen molar-refractivity contribution >= 4 is 0 Å². The second-order valence-electron chi connectivity index (χ2n) is 12.1. The molecule has 0 bridgehead atoms. The van der Waals surface area contributed by atoms with Gasteiger partial charge in [-0.05, 0) is 123 Å². The van der Waals surface area contributed by atoms with Crippen molar-refractivity contribution in [3.8, 4) is 5.75 Å². The van der Waals surface area contributed by atoms with Crippen LogP contribution < -0.4 is 4.74 Å². The summed E-state index contributed by atoms with van der Waals surface area (Å²) < 4.78 is 62.9. The van der Waals surface area contributed by atoms with Crippen LogP contribution in [0.15, 0.2) is 42.5 Å². The fourth-order valence-corrected chi connectivity index (χ4v) is 7.32. The first-order valence-electron chi connectivity index (χ1n) is 14.4. The summed E-state index contributed by atoms with van der Waals surface area (Å²) in [4.78, 5) is 0. The number of hydrogen-bond acceptors (Lipinski definition) is 1. The van der Waals surface area contributed by atoms with E-state index in [1.807, 2.05) is 6.07 Å². The third kappa shape index (κ3) is 6.34. The van der Waals surface area contributed by atoms with E-state index in [-0.39, 0.29) is 17.5 Å². The summed E-state index contributed by atoms with van der Waals surface area (Å²) >= 11 is 0. The molecule has 0 amide bonds. The molecule has 5 heteroatoms. The topological polar surface area (TPSA) is 9.23 Å². The second kappa shape index (κ2) is 11.4. The lowest BCUT2D eigenvalue weighted by molar-refractivity contribution is -0.224. The molecule has 2 aromatic rings. The average Bonchev–Trinajstić information content (AvgIpc) is 2.89. The number of ether oxygens (including phenoxy) is 1. The number of rotatable bonds is 6.